The summed E-state index contributed by atoms with van der Waals surface area (Å²) in [5.41, 5.74) is 2.11. The molecule has 3 fully saturated rings. The van der Waals surface area contributed by atoms with Crippen LogP contribution in [-0.4, -0.2) is 73.3 Å². The Morgan fingerprint density at radius 1 is 0.875 bits per heavy atom. The van der Waals surface area contributed by atoms with E-state index in [2.05, 4.69) is 45.4 Å². The molecule has 1 atom stereocenters. The molecule has 1 spiro atoms. The summed E-state index contributed by atoms with van der Waals surface area (Å²) in [5.74, 6) is 0. The lowest BCUT2D eigenvalue weighted by atomic mass is 9.81. The van der Waals surface area contributed by atoms with Gasteiger partial charge in [-0.2, -0.15) is 0 Å². The van der Waals surface area contributed by atoms with E-state index in [1.54, 1.807) is 0 Å². The quantitative estimate of drug-likeness (QED) is 0.792. The molecule has 3 saturated heterocycles. The largest absolute Gasteiger partial charge is 0.375 e. The highest BCUT2D eigenvalue weighted by Gasteiger charge is 2.43. The average Bonchev–Trinajstić information content (AvgIpc) is 2.86. The molecule has 0 radical (unpaired) electrons. The van der Waals surface area contributed by atoms with Gasteiger partial charge in [0.1, 0.15) is 0 Å². The molecular formula is C26H34N4O2. The van der Waals surface area contributed by atoms with E-state index in [9.17, 15) is 4.79 Å². The molecule has 2 amide bonds. The predicted octanol–water partition coefficient (Wildman–Crippen LogP) is 4.05. The Balaban J connectivity index is 1.12. The summed E-state index contributed by atoms with van der Waals surface area (Å²) in [6.45, 7) is 6.74. The van der Waals surface area contributed by atoms with Crippen molar-refractivity contribution in [1.29, 1.82) is 0 Å². The molecule has 1 N–H and O–H groups in total. The highest BCUT2D eigenvalue weighted by atomic mass is 16.5. The second-order valence-corrected chi connectivity index (χ2v) is 9.32. The van der Waals surface area contributed by atoms with Crippen molar-refractivity contribution in [1.82, 2.24) is 9.80 Å². The first-order chi connectivity index (χ1) is 15.7. The maximum absolute atomic E-state index is 12.7. The van der Waals surface area contributed by atoms with Crippen LogP contribution in [0.2, 0.25) is 0 Å². The molecule has 32 heavy (non-hydrogen) atoms. The second kappa shape index (κ2) is 9.51. The van der Waals surface area contributed by atoms with Crippen molar-refractivity contribution in [3.8, 4) is 0 Å². The lowest BCUT2D eigenvalue weighted by Gasteiger charge is -2.49. The van der Waals surface area contributed by atoms with Gasteiger partial charge in [0.05, 0.1) is 5.60 Å². The number of hydrogen-bond donors (Lipinski definition) is 1. The fourth-order valence-electron chi connectivity index (χ4n) is 5.49. The zero-order chi connectivity index (χ0) is 21.8. The fourth-order valence-corrected chi connectivity index (χ4v) is 5.49. The first kappa shape index (κ1) is 21.3. The highest BCUT2D eigenvalue weighted by Crippen LogP contribution is 2.37. The molecule has 170 valence electrons. The fraction of sp³-hybridized carbons (Fsp3) is 0.500. The van der Waals surface area contributed by atoms with Crippen LogP contribution in [0.1, 0.15) is 25.7 Å². The number of para-hydroxylation sites is 2. The van der Waals surface area contributed by atoms with Crippen LogP contribution in [0.25, 0.3) is 0 Å². The number of nitrogens with zero attached hydrogens (tertiary/aromatic N) is 3. The van der Waals surface area contributed by atoms with Crippen molar-refractivity contribution >= 4 is 17.4 Å². The number of carbonyl (C=O) groups is 1. The number of anilines is 2. The van der Waals surface area contributed by atoms with E-state index in [0.717, 1.165) is 77.2 Å². The molecule has 6 nitrogen and oxygen atoms in total. The number of piperazine rings is 1. The summed E-state index contributed by atoms with van der Waals surface area (Å²) in [6.07, 6.45) is 4.06. The first-order valence-corrected chi connectivity index (χ1v) is 12.0. The first-order valence-electron chi connectivity index (χ1n) is 12.0. The standard InChI is InChI=1S/C26H34N4O2/c31-25(27-22-7-3-1-4-8-22)30-14-12-26(13-15-30)21-24(11-20-32-26)29-18-16-28(17-19-29)23-9-5-2-6-10-23/h1-10,24H,11-21H2,(H,27,31)/t24-/m0/s1. The molecule has 3 heterocycles. The van der Waals surface area contributed by atoms with E-state index < -0.39 is 0 Å². The minimum atomic E-state index is -0.0665. The zero-order valence-electron chi connectivity index (χ0n) is 18.8. The maximum Gasteiger partial charge on any atom is 0.321 e. The van der Waals surface area contributed by atoms with E-state index in [4.69, 9.17) is 4.74 Å². The third-order valence-corrected chi connectivity index (χ3v) is 7.41. The Labute approximate surface area is 191 Å². The molecule has 3 aliphatic heterocycles. The van der Waals surface area contributed by atoms with Crippen LogP contribution in [0.4, 0.5) is 16.2 Å². The maximum atomic E-state index is 12.7. The number of rotatable bonds is 3. The average molecular weight is 435 g/mol. The van der Waals surface area contributed by atoms with Gasteiger partial charge in [-0.3, -0.25) is 4.90 Å². The van der Waals surface area contributed by atoms with Crippen LogP contribution in [0, 0.1) is 0 Å². The Bertz CT molecular complexity index is 875. The summed E-state index contributed by atoms with van der Waals surface area (Å²) >= 11 is 0. The monoisotopic (exact) mass is 434 g/mol. The molecule has 0 aromatic heterocycles. The number of carbonyl (C=O) groups excluding carboxylic acids is 1. The number of hydrogen-bond acceptors (Lipinski definition) is 4. The number of amides is 2. The minimum absolute atomic E-state index is 0.00422. The van der Waals surface area contributed by atoms with E-state index >= 15 is 0 Å². The van der Waals surface area contributed by atoms with Gasteiger partial charge in [0.25, 0.3) is 0 Å². The highest BCUT2D eigenvalue weighted by molar-refractivity contribution is 5.89. The molecule has 0 bridgehead atoms. The Hall–Kier alpha value is -2.57. The van der Waals surface area contributed by atoms with E-state index in [0.29, 0.717) is 6.04 Å². The lowest BCUT2D eigenvalue weighted by Crippen LogP contribution is -2.57. The minimum Gasteiger partial charge on any atom is -0.375 e. The Kier molecular flexibility index (Phi) is 6.32. The number of piperidine rings is 1. The number of nitrogens with one attached hydrogen (secondary N) is 1. The number of urea groups is 1. The number of ether oxygens (including phenoxy) is 1. The summed E-state index contributed by atoms with van der Waals surface area (Å²) in [5, 5.41) is 3.01. The molecule has 0 saturated carbocycles. The van der Waals surface area contributed by atoms with Gasteiger partial charge in [0.2, 0.25) is 0 Å². The SMILES string of the molecule is O=C(Nc1ccccc1)N1CCC2(CC1)C[C@@H](N1CCN(c3ccccc3)CC1)CCO2. The van der Waals surface area contributed by atoms with E-state index in [-0.39, 0.29) is 11.6 Å². The second-order valence-electron chi connectivity index (χ2n) is 9.32. The van der Waals surface area contributed by atoms with Gasteiger partial charge in [-0.15, -0.1) is 0 Å². The van der Waals surface area contributed by atoms with E-state index in [1.807, 2.05) is 35.2 Å². The molecule has 2 aromatic carbocycles. The predicted molar refractivity (Wildman–Crippen MR) is 128 cm³/mol. The molecule has 0 unspecified atom stereocenters. The lowest BCUT2D eigenvalue weighted by molar-refractivity contribution is -0.129. The number of benzene rings is 2. The van der Waals surface area contributed by atoms with Gasteiger partial charge < -0.3 is 19.9 Å². The van der Waals surface area contributed by atoms with Gasteiger partial charge in [-0.05, 0) is 49.9 Å². The summed E-state index contributed by atoms with van der Waals surface area (Å²) in [6, 6.07) is 21.0. The van der Waals surface area contributed by atoms with E-state index in [1.165, 1.54) is 5.69 Å². The van der Waals surface area contributed by atoms with Crippen molar-refractivity contribution in [3.63, 3.8) is 0 Å². The normalized spacial score (nSPS) is 23.8. The van der Waals surface area contributed by atoms with Crippen molar-refractivity contribution in [2.75, 3.05) is 56.1 Å². The Morgan fingerprint density at radius 2 is 1.53 bits per heavy atom. The molecular weight excluding hydrogens is 400 g/mol. The van der Waals surface area contributed by atoms with Crippen LogP contribution < -0.4 is 10.2 Å². The third-order valence-electron chi connectivity index (χ3n) is 7.41. The van der Waals surface area contributed by atoms with Crippen molar-refractivity contribution in [2.45, 2.75) is 37.3 Å². The molecule has 2 aromatic rings. The van der Waals surface area contributed by atoms with Gasteiger partial charge in [-0.1, -0.05) is 36.4 Å². The van der Waals surface area contributed by atoms with Crippen molar-refractivity contribution < 1.29 is 9.53 Å². The van der Waals surface area contributed by atoms with Crippen molar-refractivity contribution in [2.24, 2.45) is 0 Å². The molecule has 3 aliphatic rings. The smallest absolute Gasteiger partial charge is 0.321 e. The van der Waals surface area contributed by atoms with Crippen LogP contribution in [-0.2, 0) is 4.74 Å². The van der Waals surface area contributed by atoms with Crippen LogP contribution in [0.3, 0.4) is 0 Å². The summed E-state index contributed by atoms with van der Waals surface area (Å²) < 4.78 is 6.37. The molecule has 0 aliphatic carbocycles. The van der Waals surface area contributed by atoms with Crippen molar-refractivity contribution in [3.05, 3.63) is 60.7 Å². The molecule has 6 heteroatoms. The van der Waals surface area contributed by atoms with Crippen LogP contribution in [0.15, 0.2) is 60.7 Å². The zero-order valence-corrected chi connectivity index (χ0v) is 18.8. The Morgan fingerprint density at radius 3 is 2.22 bits per heavy atom. The molecule has 5 rings (SSSR count). The van der Waals surface area contributed by atoms with Gasteiger partial charge in [0, 0.05) is 63.3 Å². The number of likely N-dealkylation sites (tertiary alicyclic amines) is 1. The summed E-state index contributed by atoms with van der Waals surface area (Å²) in [4.78, 5) is 19.8. The van der Waals surface area contributed by atoms with Gasteiger partial charge in [-0.25, -0.2) is 4.79 Å². The van der Waals surface area contributed by atoms with Gasteiger partial charge >= 0.3 is 6.03 Å². The third kappa shape index (κ3) is 4.76. The summed E-state index contributed by atoms with van der Waals surface area (Å²) in [7, 11) is 0. The van der Waals surface area contributed by atoms with Gasteiger partial charge in [0.15, 0.2) is 0 Å². The van der Waals surface area contributed by atoms with Crippen LogP contribution >= 0.6 is 0 Å². The topological polar surface area (TPSA) is 48.1 Å². The van der Waals surface area contributed by atoms with Crippen LogP contribution in [0.5, 0.6) is 0 Å².